The molecule has 13 heavy (non-hydrogen) atoms. The van der Waals surface area contributed by atoms with Crippen molar-refractivity contribution in [3.8, 4) is 0 Å². The Kier molecular flexibility index (Phi) is 2.28. The van der Waals surface area contributed by atoms with Crippen LogP contribution in [0.15, 0.2) is 0 Å². The van der Waals surface area contributed by atoms with Gasteiger partial charge in [0.1, 0.15) is 0 Å². The number of hydrogen-bond acceptors (Lipinski definition) is 2. The van der Waals surface area contributed by atoms with E-state index in [2.05, 4.69) is 11.9 Å². The second-order valence-electron chi connectivity index (χ2n) is 4.50. The molecule has 0 aromatic rings. The summed E-state index contributed by atoms with van der Waals surface area (Å²) >= 11 is 0. The smallest absolute Gasteiger partial charge is 0.219 e. The normalized spacial score (nSPS) is 34.8. The lowest BCUT2D eigenvalue weighted by atomic mass is 9.89. The van der Waals surface area contributed by atoms with Gasteiger partial charge in [0.25, 0.3) is 0 Å². The zero-order valence-electron chi connectivity index (χ0n) is 8.49. The molecule has 2 aliphatic rings. The topological polar surface area (TPSA) is 23.6 Å². The molecule has 2 fully saturated rings. The fraction of sp³-hybridized carbons (Fsp3) is 0.900. The van der Waals surface area contributed by atoms with Gasteiger partial charge >= 0.3 is 0 Å². The fourth-order valence-electron chi connectivity index (χ4n) is 2.69. The van der Waals surface area contributed by atoms with E-state index < -0.39 is 0 Å². The van der Waals surface area contributed by atoms with E-state index in [1.54, 1.807) is 6.92 Å². The van der Waals surface area contributed by atoms with Gasteiger partial charge in [-0.15, -0.1) is 0 Å². The van der Waals surface area contributed by atoms with Gasteiger partial charge in [-0.25, -0.2) is 0 Å². The van der Waals surface area contributed by atoms with Gasteiger partial charge in [-0.3, -0.25) is 4.79 Å². The van der Waals surface area contributed by atoms with Crippen molar-refractivity contribution in [3.63, 3.8) is 0 Å². The molecule has 2 unspecified atom stereocenters. The molecule has 2 rings (SSSR count). The number of likely N-dealkylation sites (tertiary alicyclic amines) is 2. The Morgan fingerprint density at radius 1 is 1.23 bits per heavy atom. The summed E-state index contributed by atoms with van der Waals surface area (Å²) in [5, 5.41) is 0. The molecular weight excluding hydrogens is 164 g/mol. The summed E-state index contributed by atoms with van der Waals surface area (Å²) in [6.45, 7) is 6.05. The van der Waals surface area contributed by atoms with E-state index in [0.717, 1.165) is 24.9 Å². The molecule has 0 radical (unpaired) electrons. The van der Waals surface area contributed by atoms with Crippen molar-refractivity contribution >= 4 is 5.91 Å². The van der Waals surface area contributed by atoms with E-state index >= 15 is 0 Å². The maximum Gasteiger partial charge on any atom is 0.219 e. The van der Waals surface area contributed by atoms with Crippen molar-refractivity contribution in [2.45, 2.75) is 13.3 Å². The van der Waals surface area contributed by atoms with Gasteiger partial charge in [-0.1, -0.05) is 0 Å². The molecular formula is C10H18N2O. The molecule has 2 atom stereocenters. The number of piperidine rings is 1. The maximum absolute atomic E-state index is 11.2. The van der Waals surface area contributed by atoms with Gasteiger partial charge < -0.3 is 9.80 Å². The number of carbonyl (C=O) groups is 1. The van der Waals surface area contributed by atoms with Crippen LogP contribution in [0.3, 0.4) is 0 Å². The van der Waals surface area contributed by atoms with E-state index in [9.17, 15) is 4.79 Å². The molecule has 0 aromatic carbocycles. The van der Waals surface area contributed by atoms with E-state index in [1.165, 1.54) is 19.5 Å². The highest BCUT2D eigenvalue weighted by molar-refractivity contribution is 5.73. The Balaban J connectivity index is 1.97. The number of rotatable bonds is 0. The first kappa shape index (κ1) is 9.00. The van der Waals surface area contributed by atoms with Crippen LogP contribution >= 0.6 is 0 Å². The van der Waals surface area contributed by atoms with Gasteiger partial charge in [-0.2, -0.15) is 0 Å². The van der Waals surface area contributed by atoms with Crippen LogP contribution in [0, 0.1) is 11.8 Å². The first-order valence-corrected chi connectivity index (χ1v) is 5.11. The first-order chi connectivity index (χ1) is 6.16. The first-order valence-electron chi connectivity index (χ1n) is 5.11. The third-order valence-electron chi connectivity index (χ3n) is 3.43. The average Bonchev–Trinajstić information content (AvgIpc) is 2.42. The number of hydrogen-bond donors (Lipinski definition) is 0. The summed E-state index contributed by atoms with van der Waals surface area (Å²) < 4.78 is 0. The second kappa shape index (κ2) is 3.29. The molecule has 0 spiro atoms. The van der Waals surface area contributed by atoms with Gasteiger partial charge in [0.2, 0.25) is 5.91 Å². The lowest BCUT2D eigenvalue weighted by molar-refractivity contribution is -0.131. The van der Waals surface area contributed by atoms with Crippen molar-refractivity contribution in [3.05, 3.63) is 0 Å². The van der Waals surface area contributed by atoms with E-state index in [1.807, 2.05) is 4.90 Å². The van der Waals surface area contributed by atoms with Gasteiger partial charge in [0.05, 0.1) is 0 Å². The van der Waals surface area contributed by atoms with Crippen LogP contribution in [0.5, 0.6) is 0 Å². The van der Waals surface area contributed by atoms with E-state index in [4.69, 9.17) is 0 Å². The summed E-state index contributed by atoms with van der Waals surface area (Å²) in [4.78, 5) is 15.6. The minimum atomic E-state index is 0.244. The highest BCUT2D eigenvalue weighted by atomic mass is 16.2. The molecule has 3 nitrogen and oxygen atoms in total. The van der Waals surface area contributed by atoms with Crippen LogP contribution in [0.1, 0.15) is 13.3 Å². The maximum atomic E-state index is 11.2. The van der Waals surface area contributed by atoms with Crippen molar-refractivity contribution in [1.82, 2.24) is 9.80 Å². The minimum absolute atomic E-state index is 0.244. The van der Waals surface area contributed by atoms with Gasteiger partial charge in [0.15, 0.2) is 0 Å². The minimum Gasteiger partial charge on any atom is -0.343 e. The van der Waals surface area contributed by atoms with Crippen LogP contribution in [0.4, 0.5) is 0 Å². The molecule has 0 saturated carbocycles. The predicted molar refractivity (Wildman–Crippen MR) is 51.3 cm³/mol. The largest absolute Gasteiger partial charge is 0.343 e. The average molecular weight is 182 g/mol. The highest BCUT2D eigenvalue weighted by Gasteiger charge is 2.35. The van der Waals surface area contributed by atoms with Crippen LogP contribution in [0.25, 0.3) is 0 Å². The Labute approximate surface area is 79.7 Å². The Hall–Kier alpha value is -0.570. The second-order valence-corrected chi connectivity index (χ2v) is 4.50. The quantitative estimate of drug-likeness (QED) is 0.542. The zero-order valence-corrected chi connectivity index (χ0v) is 8.49. The molecule has 2 heterocycles. The van der Waals surface area contributed by atoms with Crippen LogP contribution in [0.2, 0.25) is 0 Å². The summed E-state index contributed by atoms with van der Waals surface area (Å²) in [6, 6.07) is 0. The Bertz CT molecular complexity index is 217. The molecule has 0 aromatic heterocycles. The Morgan fingerprint density at radius 3 is 2.62 bits per heavy atom. The third kappa shape index (κ3) is 1.70. The highest BCUT2D eigenvalue weighted by Crippen LogP contribution is 2.29. The summed E-state index contributed by atoms with van der Waals surface area (Å²) in [5.74, 6) is 1.83. The number of fused-ring (bicyclic) bond motifs is 1. The zero-order chi connectivity index (χ0) is 9.42. The number of amides is 1. The van der Waals surface area contributed by atoms with Crippen molar-refractivity contribution in [2.24, 2.45) is 11.8 Å². The molecule has 1 amide bonds. The third-order valence-corrected chi connectivity index (χ3v) is 3.43. The van der Waals surface area contributed by atoms with Crippen LogP contribution in [-0.4, -0.2) is 48.9 Å². The molecule has 74 valence electrons. The number of nitrogens with zero attached hydrogens (tertiary/aromatic N) is 2. The Morgan fingerprint density at radius 2 is 1.92 bits per heavy atom. The SMILES string of the molecule is CC(=O)N1CCC2CN(C)CC2C1. The molecule has 0 bridgehead atoms. The van der Waals surface area contributed by atoms with Gasteiger partial charge in [0, 0.05) is 33.1 Å². The van der Waals surface area contributed by atoms with Crippen LogP contribution < -0.4 is 0 Å². The van der Waals surface area contributed by atoms with Crippen molar-refractivity contribution in [1.29, 1.82) is 0 Å². The van der Waals surface area contributed by atoms with Crippen molar-refractivity contribution in [2.75, 3.05) is 33.2 Å². The van der Waals surface area contributed by atoms with Crippen molar-refractivity contribution < 1.29 is 4.79 Å². The van der Waals surface area contributed by atoms with E-state index in [-0.39, 0.29) is 5.91 Å². The summed E-state index contributed by atoms with van der Waals surface area (Å²) in [7, 11) is 2.18. The molecule has 0 N–H and O–H groups in total. The van der Waals surface area contributed by atoms with E-state index in [0.29, 0.717) is 0 Å². The fourth-order valence-corrected chi connectivity index (χ4v) is 2.69. The summed E-state index contributed by atoms with van der Waals surface area (Å²) in [6.07, 6.45) is 1.20. The lowest BCUT2D eigenvalue weighted by Gasteiger charge is -2.33. The molecule has 0 aliphatic carbocycles. The molecule has 2 aliphatic heterocycles. The number of carbonyl (C=O) groups excluding carboxylic acids is 1. The monoisotopic (exact) mass is 182 g/mol. The predicted octanol–water partition coefficient (Wildman–Crippen LogP) is 0.416. The standard InChI is InChI=1S/C10H18N2O/c1-8(13)12-4-3-9-5-11(2)6-10(9)7-12/h9-10H,3-7H2,1-2H3. The lowest BCUT2D eigenvalue weighted by Crippen LogP contribution is -2.42. The van der Waals surface area contributed by atoms with Crippen LogP contribution in [-0.2, 0) is 4.79 Å². The summed E-state index contributed by atoms with van der Waals surface area (Å²) in [5.41, 5.74) is 0. The van der Waals surface area contributed by atoms with Gasteiger partial charge in [-0.05, 0) is 25.3 Å². The molecule has 2 saturated heterocycles. The molecule has 3 heteroatoms.